The zero-order chi connectivity index (χ0) is 24.2. The highest BCUT2D eigenvalue weighted by molar-refractivity contribution is 5.93. The second kappa shape index (κ2) is 8.51. The third kappa shape index (κ3) is 4.42. The van der Waals surface area contributed by atoms with Crippen molar-refractivity contribution in [3.05, 3.63) is 52.6 Å². The van der Waals surface area contributed by atoms with Gasteiger partial charge in [-0.3, -0.25) is 4.90 Å². The summed E-state index contributed by atoms with van der Waals surface area (Å²) in [5.74, 6) is 1.14. The number of carboxylic acids is 1. The molecule has 2 fully saturated rings. The van der Waals surface area contributed by atoms with Crippen LogP contribution in [-0.2, 0) is 21.6 Å². The number of rotatable bonds is 5. The molecule has 1 aromatic rings. The molecule has 1 saturated heterocycles. The van der Waals surface area contributed by atoms with E-state index < -0.39 is 5.97 Å². The first-order valence-corrected chi connectivity index (χ1v) is 13.2. The van der Waals surface area contributed by atoms with Gasteiger partial charge in [-0.15, -0.1) is 0 Å². The molecule has 5 aliphatic rings. The molecule has 0 radical (unpaired) electrons. The fraction of sp³-hybridized carbons (Fsp3) is 0.586. The number of oxime groups is 1. The Balaban J connectivity index is 1.09. The lowest BCUT2D eigenvalue weighted by Crippen LogP contribution is -2.44. The molecule has 0 bridgehead atoms. The summed E-state index contributed by atoms with van der Waals surface area (Å²) in [6.07, 6.45) is 12.6. The zero-order valence-corrected chi connectivity index (χ0v) is 20.9. The molecule has 6 heteroatoms. The van der Waals surface area contributed by atoms with Crippen molar-refractivity contribution in [3.8, 4) is 5.75 Å². The van der Waals surface area contributed by atoms with Gasteiger partial charge in [0.05, 0.1) is 17.9 Å². The maximum absolute atomic E-state index is 11.2. The highest BCUT2D eigenvalue weighted by Crippen LogP contribution is 2.50. The lowest BCUT2D eigenvalue weighted by molar-refractivity contribution is -0.132. The van der Waals surface area contributed by atoms with Gasteiger partial charge < -0.3 is 14.7 Å². The number of piperidine rings is 1. The van der Waals surface area contributed by atoms with Gasteiger partial charge in [0.25, 0.3) is 0 Å². The van der Waals surface area contributed by atoms with Gasteiger partial charge in [0.15, 0.2) is 0 Å². The molecular weight excluding hydrogens is 440 g/mol. The molecular formula is C29H36N2O4. The van der Waals surface area contributed by atoms with E-state index in [4.69, 9.17) is 14.7 Å². The number of likely N-dealkylation sites (tertiary alicyclic amines) is 1. The lowest BCUT2D eigenvalue weighted by Gasteiger charge is -2.38. The zero-order valence-electron chi connectivity index (χ0n) is 20.9. The van der Waals surface area contributed by atoms with E-state index in [0.29, 0.717) is 17.9 Å². The van der Waals surface area contributed by atoms with Gasteiger partial charge in [-0.2, -0.15) is 0 Å². The summed E-state index contributed by atoms with van der Waals surface area (Å²) in [6.45, 7) is 8.51. The summed E-state index contributed by atoms with van der Waals surface area (Å²) in [6, 6.07) is 4.83. The molecule has 1 atom stereocenters. The van der Waals surface area contributed by atoms with Gasteiger partial charge in [0.1, 0.15) is 11.4 Å². The molecule has 1 saturated carbocycles. The summed E-state index contributed by atoms with van der Waals surface area (Å²) in [5, 5.41) is 13.6. The number of benzene rings is 1. The summed E-state index contributed by atoms with van der Waals surface area (Å²) in [5.41, 5.74) is 5.65. The van der Waals surface area contributed by atoms with E-state index in [1.807, 2.05) is 6.08 Å². The molecule has 1 unspecified atom stereocenters. The van der Waals surface area contributed by atoms with Gasteiger partial charge >= 0.3 is 5.97 Å². The largest absolute Gasteiger partial charge is 0.493 e. The topological polar surface area (TPSA) is 71.4 Å². The van der Waals surface area contributed by atoms with E-state index >= 15 is 0 Å². The molecule has 2 aliphatic carbocycles. The maximum atomic E-state index is 11.2. The average molecular weight is 477 g/mol. The predicted octanol–water partition coefficient (Wildman–Crippen LogP) is 5.32. The molecule has 0 aromatic heterocycles. The van der Waals surface area contributed by atoms with Crippen molar-refractivity contribution >= 4 is 11.7 Å². The smallest absolute Gasteiger partial charge is 0.335 e. The van der Waals surface area contributed by atoms with Crippen LogP contribution in [0.25, 0.3) is 0 Å². The minimum Gasteiger partial charge on any atom is -0.493 e. The molecule has 186 valence electrons. The van der Waals surface area contributed by atoms with Crippen LogP contribution in [0.15, 0.2) is 41.1 Å². The number of hydrogen-bond acceptors (Lipinski definition) is 5. The highest BCUT2D eigenvalue weighted by atomic mass is 16.7. The molecule has 0 amide bonds. The molecule has 35 heavy (non-hydrogen) atoms. The monoisotopic (exact) mass is 476 g/mol. The van der Waals surface area contributed by atoms with Crippen molar-refractivity contribution in [2.75, 3.05) is 19.7 Å². The Kier molecular flexibility index (Phi) is 5.55. The lowest BCUT2D eigenvalue weighted by atomic mass is 9.77. The van der Waals surface area contributed by atoms with Crippen molar-refractivity contribution in [3.63, 3.8) is 0 Å². The Bertz CT molecular complexity index is 1120. The molecule has 1 N–H and O–H groups in total. The average Bonchev–Trinajstić information content (AvgIpc) is 3.61. The van der Waals surface area contributed by atoms with Crippen LogP contribution < -0.4 is 4.74 Å². The Morgan fingerprint density at radius 2 is 2.00 bits per heavy atom. The number of allylic oxidation sites excluding steroid dienone is 2. The molecule has 6 rings (SSSR count). The Hall–Kier alpha value is -2.60. The fourth-order valence-corrected chi connectivity index (χ4v) is 6.13. The van der Waals surface area contributed by atoms with E-state index in [9.17, 15) is 4.79 Å². The number of hydrogen-bond donors (Lipinski definition) is 1. The van der Waals surface area contributed by atoms with Gasteiger partial charge in [-0.25, -0.2) is 4.79 Å². The Morgan fingerprint density at radius 1 is 1.20 bits per heavy atom. The van der Waals surface area contributed by atoms with Crippen molar-refractivity contribution in [1.29, 1.82) is 0 Å². The van der Waals surface area contributed by atoms with E-state index in [2.05, 4.69) is 36.0 Å². The van der Waals surface area contributed by atoms with Crippen LogP contribution in [0.4, 0.5) is 0 Å². The quantitative estimate of drug-likeness (QED) is 0.623. The van der Waals surface area contributed by atoms with Crippen LogP contribution in [0.3, 0.4) is 0 Å². The van der Waals surface area contributed by atoms with Crippen molar-refractivity contribution in [2.24, 2.45) is 11.1 Å². The molecule has 6 nitrogen and oxygen atoms in total. The summed E-state index contributed by atoms with van der Waals surface area (Å²) < 4.78 is 6.20. The number of aliphatic carboxylic acids is 1. The highest BCUT2D eigenvalue weighted by Gasteiger charge is 2.43. The van der Waals surface area contributed by atoms with Crippen LogP contribution in [0.2, 0.25) is 0 Å². The van der Waals surface area contributed by atoms with E-state index in [-0.39, 0.29) is 16.9 Å². The maximum Gasteiger partial charge on any atom is 0.335 e. The third-order valence-electron chi connectivity index (χ3n) is 8.71. The minimum atomic E-state index is -0.868. The summed E-state index contributed by atoms with van der Waals surface area (Å²) >= 11 is 0. The standard InChI is InChI=1S/C29H36N2O4/c1-28(2)11-14-34-26-23(20-3-4-20)15-19(16-24(26)28)18-31-12-9-29(10-13-31)17-25(30-35-29)21-5-7-22(8-6-21)27(32)33/h5,7-8,15-16,20-21H,3-4,6,9-14,17-18H2,1-2H3,(H,32,33). The van der Waals surface area contributed by atoms with Crippen LogP contribution in [-0.4, -0.2) is 47.0 Å². The molecule has 3 heterocycles. The number of carboxylic acid groups (broad SMARTS) is 1. The Morgan fingerprint density at radius 3 is 2.69 bits per heavy atom. The van der Waals surface area contributed by atoms with E-state index in [0.717, 1.165) is 57.6 Å². The summed E-state index contributed by atoms with van der Waals surface area (Å²) in [7, 11) is 0. The van der Waals surface area contributed by atoms with Crippen molar-refractivity contribution in [2.45, 2.75) is 82.3 Å². The predicted molar refractivity (Wildman–Crippen MR) is 135 cm³/mol. The second-order valence-electron chi connectivity index (χ2n) is 11.8. The first-order chi connectivity index (χ1) is 16.8. The molecule has 1 spiro atoms. The fourth-order valence-electron chi connectivity index (χ4n) is 6.13. The Labute approximate surface area is 207 Å². The normalized spacial score (nSPS) is 27.0. The van der Waals surface area contributed by atoms with Crippen LogP contribution in [0.1, 0.15) is 81.4 Å². The minimum absolute atomic E-state index is 0.150. The number of carbonyl (C=O) groups is 1. The number of nitrogens with zero attached hydrogens (tertiary/aromatic N) is 2. The first kappa shape index (κ1) is 22.8. The van der Waals surface area contributed by atoms with E-state index in [1.165, 1.54) is 35.3 Å². The van der Waals surface area contributed by atoms with Crippen LogP contribution in [0, 0.1) is 5.92 Å². The number of ether oxygens (including phenoxy) is 1. The molecule has 1 aromatic carbocycles. The van der Waals surface area contributed by atoms with Gasteiger partial charge in [-0.1, -0.05) is 49.4 Å². The van der Waals surface area contributed by atoms with Crippen LogP contribution in [0.5, 0.6) is 5.75 Å². The van der Waals surface area contributed by atoms with Gasteiger partial charge in [-0.05, 0) is 48.1 Å². The SMILES string of the molecule is CC1(C)CCOc2c(C3CC3)cc(CN3CCC4(CC3)CC(C3C=CC(C(=O)O)=CC3)=NO4)cc21. The van der Waals surface area contributed by atoms with Crippen molar-refractivity contribution < 1.29 is 19.5 Å². The van der Waals surface area contributed by atoms with Crippen molar-refractivity contribution in [1.82, 2.24) is 4.90 Å². The second-order valence-corrected chi connectivity index (χ2v) is 11.8. The van der Waals surface area contributed by atoms with Gasteiger partial charge in [0, 0.05) is 50.4 Å². The van der Waals surface area contributed by atoms with Gasteiger partial charge in [0.2, 0.25) is 0 Å². The number of fused-ring (bicyclic) bond motifs is 1. The first-order valence-electron chi connectivity index (χ1n) is 13.2. The summed E-state index contributed by atoms with van der Waals surface area (Å²) in [4.78, 5) is 19.8. The van der Waals surface area contributed by atoms with Crippen LogP contribution >= 0.6 is 0 Å². The third-order valence-corrected chi connectivity index (χ3v) is 8.71. The van der Waals surface area contributed by atoms with E-state index in [1.54, 1.807) is 12.2 Å². The molecule has 3 aliphatic heterocycles.